The first-order valence-electron chi connectivity index (χ1n) is 8.56. The molecule has 2 aliphatic rings. The monoisotopic (exact) mass is 378 g/mol. The van der Waals surface area contributed by atoms with Gasteiger partial charge < -0.3 is 15.0 Å². The second-order valence-electron chi connectivity index (χ2n) is 8.25. The Hall–Kier alpha value is -1.80. The van der Waals surface area contributed by atoms with E-state index in [0.29, 0.717) is 12.8 Å². The highest BCUT2D eigenvalue weighted by Gasteiger charge is 2.57. The van der Waals surface area contributed by atoms with E-state index < -0.39 is 41.5 Å². The van der Waals surface area contributed by atoms with Crippen LogP contribution in [-0.2, 0) is 19.1 Å². The molecule has 1 heterocycles. The van der Waals surface area contributed by atoms with Gasteiger partial charge in [0.25, 0.3) is 0 Å². The fraction of sp³-hybridized carbons (Fsp3) is 0.824. The van der Waals surface area contributed by atoms with Crippen LogP contribution in [0.4, 0.5) is 13.2 Å². The summed E-state index contributed by atoms with van der Waals surface area (Å²) in [5, 5.41) is 1.81. The van der Waals surface area contributed by atoms with Crippen molar-refractivity contribution in [2.24, 2.45) is 17.3 Å². The lowest BCUT2D eigenvalue weighted by molar-refractivity contribution is -0.176. The number of halogens is 3. The molecule has 9 heteroatoms. The summed E-state index contributed by atoms with van der Waals surface area (Å²) in [5.41, 5.74) is -0.966. The molecule has 1 aliphatic heterocycles. The summed E-state index contributed by atoms with van der Waals surface area (Å²) < 4.78 is 42.9. The Bertz CT molecular complexity index is 600. The van der Waals surface area contributed by atoms with Crippen LogP contribution in [-0.4, -0.2) is 54.1 Å². The van der Waals surface area contributed by atoms with Crippen molar-refractivity contribution in [1.29, 1.82) is 0 Å². The van der Waals surface area contributed by atoms with Gasteiger partial charge in [-0.3, -0.25) is 9.59 Å². The molecular formula is C17H25F3N2O4. The van der Waals surface area contributed by atoms with Gasteiger partial charge in [-0.2, -0.15) is 13.2 Å². The van der Waals surface area contributed by atoms with Crippen LogP contribution in [0.2, 0.25) is 0 Å². The molecule has 1 aliphatic carbocycles. The van der Waals surface area contributed by atoms with Crippen molar-refractivity contribution in [3.63, 3.8) is 0 Å². The highest BCUT2D eigenvalue weighted by Crippen LogP contribution is 2.47. The SMILES string of the molecule is COC(=O)[C@@H]1[C@@H]2C[C@@H](C[C@@H]2C)N1C(=O)[C@@H](NC(=O)C(F)(F)F)C(C)(C)C. The molecule has 0 aromatic rings. The molecule has 2 fully saturated rings. The van der Waals surface area contributed by atoms with E-state index >= 15 is 0 Å². The second kappa shape index (κ2) is 6.74. The molecule has 0 aromatic carbocycles. The third-order valence-corrected chi connectivity index (χ3v) is 5.36. The number of likely N-dealkylation sites (tertiary alicyclic amines) is 1. The first-order chi connectivity index (χ1) is 11.8. The quantitative estimate of drug-likeness (QED) is 0.761. The van der Waals surface area contributed by atoms with Gasteiger partial charge in [-0.1, -0.05) is 27.7 Å². The summed E-state index contributed by atoms with van der Waals surface area (Å²) in [6.07, 6.45) is -3.81. The van der Waals surface area contributed by atoms with Crippen LogP contribution in [0.5, 0.6) is 0 Å². The highest BCUT2D eigenvalue weighted by molar-refractivity contribution is 5.93. The van der Waals surface area contributed by atoms with Gasteiger partial charge in [-0.25, -0.2) is 4.79 Å². The molecule has 0 aromatic heterocycles. The van der Waals surface area contributed by atoms with Gasteiger partial charge in [0, 0.05) is 6.04 Å². The van der Waals surface area contributed by atoms with E-state index in [1.807, 2.05) is 12.2 Å². The van der Waals surface area contributed by atoms with Gasteiger partial charge in [0.2, 0.25) is 5.91 Å². The largest absolute Gasteiger partial charge is 0.471 e. The number of hydrogen-bond acceptors (Lipinski definition) is 4. The number of esters is 1. The maximum atomic E-state index is 13.1. The number of nitrogens with one attached hydrogen (secondary N) is 1. The topological polar surface area (TPSA) is 75.7 Å². The maximum absolute atomic E-state index is 13.1. The van der Waals surface area contributed by atoms with Crippen molar-refractivity contribution >= 4 is 17.8 Å². The van der Waals surface area contributed by atoms with Crippen LogP contribution in [0.15, 0.2) is 0 Å². The second-order valence-corrected chi connectivity index (χ2v) is 8.25. The molecule has 26 heavy (non-hydrogen) atoms. The molecule has 2 rings (SSSR count). The summed E-state index contributed by atoms with van der Waals surface area (Å²) in [4.78, 5) is 38.1. The van der Waals surface area contributed by atoms with E-state index in [0.717, 1.165) is 0 Å². The lowest BCUT2D eigenvalue weighted by Gasteiger charge is -2.41. The zero-order valence-corrected chi connectivity index (χ0v) is 15.5. The van der Waals surface area contributed by atoms with Gasteiger partial charge in [-0.15, -0.1) is 0 Å². The Labute approximate surface area is 150 Å². The van der Waals surface area contributed by atoms with Crippen LogP contribution >= 0.6 is 0 Å². The van der Waals surface area contributed by atoms with Crippen molar-refractivity contribution in [2.45, 2.75) is 64.8 Å². The third-order valence-electron chi connectivity index (χ3n) is 5.36. The van der Waals surface area contributed by atoms with Crippen molar-refractivity contribution in [3.8, 4) is 0 Å². The normalized spacial score (nSPS) is 29.5. The summed E-state index contributed by atoms with van der Waals surface area (Å²) in [7, 11) is 1.22. The summed E-state index contributed by atoms with van der Waals surface area (Å²) >= 11 is 0. The van der Waals surface area contributed by atoms with Gasteiger partial charge in [0.1, 0.15) is 12.1 Å². The molecule has 0 radical (unpaired) electrons. The molecular weight excluding hydrogens is 353 g/mol. The van der Waals surface area contributed by atoms with Gasteiger partial charge in [0.05, 0.1) is 7.11 Å². The van der Waals surface area contributed by atoms with Crippen LogP contribution in [0.1, 0.15) is 40.5 Å². The minimum atomic E-state index is -5.09. The van der Waals surface area contributed by atoms with E-state index in [-0.39, 0.29) is 17.9 Å². The molecule has 0 spiro atoms. The fourth-order valence-electron chi connectivity index (χ4n) is 4.08. The number of ether oxygens (including phenoxy) is 1. The Kier molecular flexibility index (Phi) is 5.31. The Morgan fingerprint density at radius 3 is 2.19 bits per heavy atom. The molecule has 1 N–H and O–H groups in total. The first kappa shape index (κ1) is 20.5. The van der Waals surface area contributed by atoms with Gasteiger partial charge in [0.15, 0.2) is 0 Å². The minimum absolute atomic E-state index is 0.0877. The number of rotatable bonds is 3. The highest BCUT2D eigenvalue weighted by atomic mass is 19.4. The van der Waals surface area contributed by atoms with Crippen molar-refractivity contribution in [1.82, 2.24) is 10.2 Å². The fourth-order valence-corrected chi connectivity index (χ4v) is 4.08. The minimum Gasteiger partial charge on any atom is -0.467 e. The van der Waals surface area contributed by atoms with Crippen LogP contribution in [0.3, 0.4) is 0 Å². The van der Waals surface area contributed by atoms with Gasteiger partial charge >= 0.3 is 18.1 Å². The Morgan fingerprint density at radius 1 is 1.15 bits per heavy atom. The number of piperidine rings is 1. The lowest BCUT2D eigenvalue weighted by atomic mass is 9.83. The Morgan fingerprint density at radius 2 is 1.73 bits per heavy atom. The molecule has 148 valence electrons. The predicted octanol–water partition coefficient (Wildman–Crippen LogP) is 1.88. The lowest BCUT2D eigenvalue weighted by Crippen LogP contribution is -2.61. The summed E-state index contributed by atoms with van der Waals surface area (Å²) in [5.74, 6) is -3.29. The molecule has 6 nitrogen and oxygen atoms in total. The molecule has 0 unspecified atom stereocenters. The van der Waals surface area contributed by atoms with Crippen molar-refractivity contribution < 1.29 is 32.3 Å². The van der Waals surface area contributed by atoms with Crippen molar-refractivity contribution in [3.05, 3.63) is 0 Å². The number of methoxy groups -OCH3 is 1. The summed E-state index contributed by atoms with van der Waals surface area (Å²) in [6, 6.07) is -2.47. The number of amides is 2. The maximum Gasteiger partial charge on any atom is 0.471 e. The van der Waals surface area contributed by atoms with E-state index in [9.17, 15) is 27.6 Å². The molecule has 2 amide bonds. The predicted molar refractivity (Wildman–Crippen MR) is 85.8 cm³/mol. The average Bonchev–Trinajstić information content (AvgIpc) is 3.05. The average molecular weight is 378 g/mol. The van der Waals surface area contributed by atoms with E-state index in [1.54, 1.807) is 20.8 Å². The van der Waals surface area contributed by atoms with Crippen molar-refractivity contribution in [2.75, 3.05) is 7.11 Å². The van der Waals surface area contributed by atoms with Crippen LogP contribution in [0.25, 0.3) is 0 Å². The molecule has 2 bridgehead atoms. The number of nitrogens with zero attached hydrogens (tertiary/aromatic N) is 1. The summed E-state index contributed by atoms with van der Waals surface area (Å²) in [6.45, 7) is 6.68. The third kappa shape index (κ3) is 3.66. The number of carbonyl (C=O) groups is 3. The molecule has 1 saturated heterocycles. The smallest absolute Gasteiger partial charge is 0.467 e. The Balaban J connectivity index is 2.32. The van der Waals surface area contributed by atoms with Gasteiger partial charge in [-0.05, 0) is 30.1 Å². The van der Waals surface area contributed by atoms with E-state index in [1.165, 1.54) is 12.0 Å². The standard InChI is InChI=1S/C17H25F3N2O4/c1-8-6-9-7-10(8)11(14(24)26-5)22(9)13(23)12(16(2,3)4)21-15(25)17(18,19)20/h8-12H,6-7H2,1-5H3,(H,21,25)/t8-,9+,10+,11-,12+/m0/s1. The van der Waals surface area contributed by atoms with Crippen LogP contribution < -0.4 is 5.32 Å². The van der Waals surface area contributed by atoms with E-state index in [2.05, 4.69) is 0 Å². The number of carbonyl (C=O) groups excluding carboxylic acids is 3. The van der Waals surface area contributed by atoms with Crippen LogP contribution in [0, 0.1) is 17.3 Å². The molecule has 5 atom stereocenters. The zero-order chi connectivity index (χ0) is 20.0. The first-order valence-corrected chi connectivity index (χ1v) is 8.56. The number of fused-ring (bicyclic) bond motifs is 2. The molecule has 1 saturated carbocycles. The van der Waals surface area contributed by atoms with E-state index in [4.69, 9.17) is 4.74 Å². The number of alkyl halides is 3. The zero-order valence-electron chi connectivity index (χ0n) is 15.5. The number of hydrogen-bond donors (Lipinski definition) is 1.